The van der Waals surface area contributed by atoms with E-state index in [4.69, 9.17) is 9.47 Å². The molecule has 0 saturated heterocycles. The van der Waals surface area contributed by atoms with Crippen molar-refractivity contribution in [1.29, 1.82) is 0 Å². The van der Waals surface area contributed by atoms with Crippen LogP contribution in [0.4, 0.5) is 0 Å². The molecule has 0 heterocycles. The molecule has 0 aliphatic carbocycles. The highest BCUT2D eigenvalue weighted by Gasteiger charge is 2.04. The van der Waals surface area contributed by atoms with Gasteiger partial charge in [-0.05, 0) is 59.2 Å². The number of unbranched alkanes of at least 4 members (excludes halogenated alkanes) is 1. The van der Waals surface area contributed by atoms with Crippen molar-refractivity contribution in [3.63, 3.8) is 0 Å². The second kappa shape index (κ2) is 11.5. The molecule has 3 rings (SSSR count). The van der Waals surface area contributed by atoms with Gasteiger partial charge in [-0.3, -0.25) is 0 Å². The van der Waals surface area contributed by atoms with Crippen LogP contribution < -0.4 is 4.74 Å². The third-order valence-corrected chi connectivity index (χ3v) is 5.02. The lowest BCUT2D eigenvalue weighted by atomic mass is 9.99. The van der Waals surface area contributed by atoms with E-state index in [1.54, 1.807) is 12.1 Å². The molecule has 0 amide bonds. The summed E-state index contributed by atoms with van der Waals surface area (Å²) in [5, 5.41) is 0. The van der Waals surface area contributed by atoms with Gasteiger partial charge in [0.1, 0.15) is 5.75 Å². The fraction of sp³-hybridized carbons (Fsp3) is 0.143. The van der Waals surface area contributed by atoms with Crippen LogP contribution >= 0.6 is 0 Å². The largest absolute Gasteiger partial charge is 0.463 e. The van der Waals surface area contributed by atoms with E-state index in [1.807, 2.05) is 12.1 Å². The Hall–Kier alpha value is -3.92. The van der Waals surface area contributed by atoms with Gasteiger partial charge < -0.3 is 9.47 Å². The van der Waals surface area contributed by atoms with Gasteiger partial charge >= 0.3 is 11.9 Å². The van der Waals surface area contributed by atoms with Crippen LogP contribution in [0.2, 0.25) is 0 Å². The van der Waals surface area contributed by atoms with Crippen LogP contribution in [0.15, 0.2) is 98.1 Å². The third-order valence-electron chi connectivity index (χ3n) is 5.02. The van der Waals surface area contributed by atoms with E-state index in [9.17, 15) is 9.59 Å². The number of carbonyl (C=O) groups excluding carboxylic acids is 2. The number of esters is 2. The molecule has 3 aromatic carbocycles. The van der Waals surface area contributed by atoms with Gasteiger partial charge in [0, 0.05) is 12.2 Å². The molecule has 0 saturated carbocycles. The summed E-state index contributed by atoms with van der Waals surface area (Å²) in [5.74, 6) is -0.346. The third kappa shape index (κ3) is 6.54. The Morgan fingerprint density at radius 3 is 1.62 bits per heavy atom. The molecule has 0 unspecified atom stereocenters. The van der Waals surface area contributed by atoms with Gasteiger partial charge in [-0.2, -0.15) is 0 Å². The van der Waals surface area contributed by atoms with Crippen LogP contribution in [0.5, 0.6) is 5.75 Å². The minimum absolute atomic E-state index is 0.369. The molecule has 32 heavy (non-hydrogen) atoms. The highest BCUT2D eigenvalue weighted by Crippen LogP contribution is 2.27. The second-order valence-electron chi connectivity index (χ2n) is 7.25. The fourth-order valence-corrected chi connectivity index (χ4v) is 3.26. The molecule has 0 bridgehead atoms. The standard InChI is InChI=1S/C28H26O4/c1-3-27(29)31-20-6-5-7-21-8-10-22(11-9-21)23-12-14-24(15-13-23)25-16-18-26(19-17-25)32-28(30)4-2/h3-4,8-19H,1-2,5-7,20H2. The van der Waals surface area contributed by atoms with Crippen LogP contribution in [0.25, 0.3) is 22.3 Å². The Balaban J connectivity index is 1.55. The Labute approximate surface area is 188 Å². The number of aryl methyl sites for hydroxylation is 1. The van der Waals surface area contributed by atoms with Crippen LogP contribution in [-0.4, -0.2) is 18.5 Å². The van der Waals surface area contributed by atoms with Crippen LogP contribution in [-0.2, 0) is 20.7 Å². The molecule has 162 valence electrons. The zero-order chi connectivity index (χ0) is 22.8. The Morgan fingerprint density at radius 2 is 1.12 bits per heavy atom. The van der Waals surface area contributed by atoms with Crippen molar-refractivity contribution in [2.75, 3.05) is 6.61 Å². The molecule has 4 nitrogen and oxygen atoms in total. The summed E-state index contributed by atoms with van der Waals surface area (Å²) in [6.45, 7) is 7.21. The normalized spacial score (nSPS) is 10.2. The lowest BCUT2D eigenvalue weighted by Gasteiger charge is -2.08. The van der Waals surface area contributed by atoms with E-state index < -0.39 is 5.97 Å². The molecule has 3 aromatic rings. The van der Waals surface area contributed by atoms with E-state index in [-0.39, 0.29) is 5.97 Å². The predicted molar refractivity (Wildman–Crippen MR) is 127 cm³/mol. The van der Waals surface area contributed by atoms with Gasteiger partial charge in [-0.15, -0.1) is 0 Å². The minimum Gasteiger partial charge on any atom is -0.463 e. The number of hydrogen-bond donors (Lipinski definition) is 0. The van der Waals surface area contributed by atoms with Crippen molar-refractivity contribution in [2.24, 2.45) is 0 Å². The number of carbonyl (C=O) groups is 2. The number of rotatable bonds is 10. The van der Waals surface area contributed by atoms with Crippen LogP contribution in [0, 0.1) is 0 Å². The van der Waals surface area contributed by atoms with Crippen molar-refractivity contribution >= 4 is 11.9 Å². The molecule has 0 fully saturated rings. The van der Waals surface area contributed by atoms with Gasteiger partial charge in [0.25, 0.3) is 0 Å². The molecule has 0 aliphatic rings. The van der Waals surface area contributed by atoms with E-state index in [0.29, 0.717) is 12.4 Å². The van der Waals surface area contributed by atoms with E-state index in [2.05, 4.69) is 61.7 Å². The lowest BCUT2D eigenvalue weighted by Crippen LogP contribution is -2.02. The van der Waals surface area contributed by atoms with Crippen molar-refractivity contribution < 1.29 is 19.1 Å². The maximum absolute atomic E-state index is 11.3. The zero-order valence-electron chi connectivity index (χ0n) is 18.0. The molecule has 0 aliphatic heterocycles. The topological polar surface area (TPSA) is 52.6 Å². The van der Waals surface area contributed by atoms with E-state index in [0.717, 1.165) is 47.6 Å². The highest BCUT2D eigenvalue weighted by molar-refractivity contribution is 5.83. The molecular weight excluding hydrogens is 400 g/mol. The van der Waals surface area contributed by atoms with E-state index >= 15 is 0 Å². The van der Waals surface area contributed by atoms with Crippen LogP contribution in [0.3, 0.4) is 0 Å². The lowest BCUT2D eigenvalue weighted by molar-refractivity contribution is -0.137. The first-order chi connectivity index (χ1) is 15.6. The van der Waals surface area contributed by atoms with Gasteiger partial charge in [0.2, 0.25) is 0 Å². The molecule has 0 N–H and O–H groups in total. The number of hydrogen-bond acceptors (Lipinski definition) is 4. The van der Waals surface area contributed by atoms with Gasteiger partial charge in [0.05, 0.1) is 6.61 Å². The summed E-state index contributed by atoms with van der Waals surface area (Å²) in [5.41, 5.74) is 5.70. The quantitative estimate of drug-likeness (QED) is 0.168. The molecule has 0 radical (unpaired) electrons. The predicted octanol–water partition coefficient (Wildman–Crippen LogP) is 6.16. The highest BCUT2D eigenvalue weighted by atomic mass is 16.5. The smallest absolute Gasteiger partial charge is 0.335 e. The number of ether oxygens (including phenoxy) is 2. The molecule has 4 heteroatoms. The SMILES string of the molecule is C=CC(=O)OCCCCc1ccc(-c2ccc(-c3ccc(OC(=O)C=C)cc3)cc2)cc1. The first kappa shape index (κ1) is 22.8. The van der Waals surface area contributed by atoms with Gasteiger partial charge in [-0.25, -0.2) is 9.59 Å². The monoisotopic (exact) mass is 426 g/mol. The van der Waals surface area contributed by atoms with E-state index in [1.165, 1.54) is 11.6 Å². The molecular formula is C28H26O4. The van der Waals surface area contributed by atoms with Crippen LogP contribution in [0.1, 0.15) is 18.4 Å². The summed E-state index contributed by atoms with van der Waals surface area (Å²) in [7, 11) is 0. The van der Waals surface area contributed by atoms with Gasteiger partial charge in [-0.1, -0.05) is 73.8 Å². The summed E-state index contributed by atoms with van der Waals surface area (Å²) in [4.78, 5) is 22.3. The van der Waals surface area contributed by atoms with Crippen molar-refractivity contribution in [1.82, 2.24) is 0 Å². The maximum atomic E-state index is 11.3. The summed E-state index contributed by atoms with van der Waals surface area (Å²) < 4.78 is 10.1. The number of benzene rings is 3. The Morgan fingerprint density at radius 1 is 0.656 bits per heavy atom. The molecule has 0 spiro atoms. The molecule has 0 aromatic heterocycles. The molecule has 0 atom stereocenters. The average Bonchev–Trinajstić information content (AvgIpc) is 2.84. The minimum atomic E-state index is -0.470. The summed E-state index contributed by atoms with van der Waals surface area (Å²) >= 11 is 0. The maximum Gasteiger partial charge on any atom is 0.335 e. The Kier molecular flexibility index (Phi) is 8.15. The zero-order valence-corrected chi connectivity index (χ0v) is 18.0. The second-order valence-corrected chi connectivity index (χ2v) is 7.25. The first-order valence-corrected chi connectivity index (χ1v) is 10.5. The van der Waals surface area contributed by atoms with Gasteiger partial charge in [0.15, 0.2) is 0 Å². The Bertz CT molecular complexity index is 1060. The van der Waals surface area contributed by atoms with Crippen molar-refractivity contribution in [3.05, 3.63) is 104 Å². The summed E-state index contributed by atoms with van der Waals surface area (Å²) in [6, 6.07) is 24.3. The summed E-state index contributed by atoms with van der Waals surface area (Å²) in [6.07, 6.45) is 5.07. The first-order valence-electron chi connectivity index (χ1n) is 10.5. The average molecular weight is 427 g/mol. The fourth-order valence-electron chi connectivity index (χ4n) is 3.26. The van der Waals surface area contributed by atoms with Crippen molar-refractivity contribution in [2.45, 2.75) is 19.3 Å². The van der Waals surface area contributed by atoms with Crippen molar-refractivity contribution in [3.8, 4) is 28.0 Å².